The highest BCUT2D eigenvalue weighted by Crippen LogP contribution is 2.20. The first-order chi connectivity index (χ1) is 13.5. The lowest BCUT2D eigenvalue weighted by Gasteiger charge is -2.05. The minimum Gasteiger partial charge on any atom is -0.507 e. The van der Waals surface area contributed by atoms with Crippen LogP contribution in [0.1, 0.15) is 21.5 Å². The Hall–Kier alpha value is -3.93. The van der Waals surface area contributed by atoms with E-state index in [9.17, 15) is 9.90 Å². The van der Waals surface area contributed by atoms with E-state index in [1.54, 1.807) is 48.8 Å². The number of phenolic OH excluding ortho intramolecular Hbond substituents is 1. The zero-order valence-electron chi connectivity index (χ0n) is 15.1. The maximum absolute atomic E-state index is 12.3. The Balaban J connectivity index is 1.59. The van der Waals surface area contributed by atoms with Crippen LogP contribution in [0, 0.1) is 5.41 Å². The number of hydrogen-bond donors (Lipinski definition) is 4. The maximum atomic E-state index is 12.3. The normalized spacial score (nSPS) is 10.7. The van der Waals surface area contributed by atoms with E-state index >= 15 is 0 Å². The number of nitrogen functional groups attached to an aromatic ring is 1. The number of pyridine rings is 1. The summed E-state index contributed by atoms with van der Waals surface area (Å²) in [7, 11) is 0. The molecule has 0 aliphatic carbocycles. The summed E-state index contributed by atoms with van der Waals surface area (Å²) in [5, 5.41) is 20.1. The molecule has 0 aliphatic rings. The van der Waals surface area contributed by atoms with Gasteiger partial charge in [-0.3, -0.25) is 15.2 Å². The molecule has 0 unspecified atom stereocenters. The lowest BCUT2D eigenvalue weighted by Crippen LogP contribution is -2.23. The Morgan fingerprint density at radius 2 is 1.86 bits per heavy atom. The van der Waals surface area contributed by atoms with Gasteiger partial charge >= 0.3 is 0 Å². The van der Waals surface area contributed by atoms with E-state index < -0.39 is 0 Å². The van der Waals surface area contributed by atoms with Crippen LogP contribution in [0.4, 0.5) is 0 Å². The van der Waals surface area contributed by atoms with Gasteiger partial charge in [0, 0.05) is 35.6 Å². The lowest BCUT2D eigenvalue weighted by atomic mass is 10.1. The van der Waals surface area contributed by atoms with Gasteiger partial charge in [0.1, 0.15) is 11.6 Å². The molecule has 0 bridgehead atoms. The summed E-state index contributed by atoms with van der Waals surface area (Å²) < 4.78 is 0. The minimum absolute atomic E-state index is 0.0716. The quantitative estimate of drug-likeness (QED) is 0.393. The van der Waals surface area contributed by atoms with Crippen molar-refractivity contribution in [1.29, 1.82) is 5.41 Å². The van der Waals surface area contributed by atoms with E-state index in [1.165, 1.54) is 6.07 Å². The molecule has 0 fully saturated rings. The van der Waals surface area contributed by atoms with Gasteiger partial charge in [0.05, 0.1) is 0 Å². The van der Waals surface area contributed by atoms with Crippen molar-refractivity contribution in [3.05, 3.63) is 89.8 Å². The van der Waals surface area contributed by atoms with Crippen LogP contribution in [0.5, 0.6) is 5.75 Å². The largest absolute Gasteiger partial charge is 0.507 e. The number of amidine groups is 1. The number of rotatable bonds is 6. The molecule has 0 atom stereocenters. The molecule has 28 heavy (non-hydrogen) atoms. The molecule has 6 nitrogen and oxygen atoms in total. The van der Waals surface area contributed by atoms with Crippen LogP contribution in [-0.2, 0) is 0 Å². The topological polar surface area (TPSA) is 112 Å². The number of carbonyl (C=O) groups excluding carboxylic acids is 1. The summed E-state index contributed by atoms with van der Waals surface area (Å²) in [6, 6.07) is 15.8. The summed E-state index contributed by atoms with van der Waals surface area (Å²) in [5.74, 6) is -0.180. The Morgan fingerprint density at radius 1 is 1.11 bits per heavy atom. The fourth-order valence-corrected chi connectivity index (χ4v) is 2.64. The first-order valence-corrected chi connectivity index (χ1v) is 8.67. The van der Waals surface area contributed by atoms with Gasteiger partial charge in [-0.2, -0.15) is 0 Å². The van der Waals surface area contributed by atoms with E-state index in [0.29, 0.717) is 23.2 Å². The van der Waals surface area contributed by atoms with E-state index in [2.05, 4.69) is 10.3 Å². The van der Waals surface area contributed by atoms with Crippen LogP contribution >= 0.6 is 0 Å². The fourth-order valence-electron chi connectivity index (χ4n) is 2.64. The fraction of sp³-hybridized carbons (Fsp3) is 0.0455. The van der Waals surface area contributed by atoms with Gasteiger partial charge in [-0.1, -0.05) is 30.4 Å². The van der Waals surface area contributed by atoms with Gasteiger partial charge in [0.15, 0.2) is 0 Å². The van der Waals surface area contributed by atoms with Crippen LogP contribution in [0.25, 0.3) is 17.2 Å². The van der Waals surface area contributed by atoms with Crippen molar-refractivity contribution in [2.24, 2.45) is 5.73 Å². The number of carbonyl (C=O) groups is 1. The first kappa shape index (κ1) is 18.8. The molecule has 1 heterocycles. The molecule has 0 radical (unpaired) electrons. The maximum Gasteiger partial charge on any atom is 0.251 e. The summed E-state index contributed by atoms with van der Waals surface area (Å²) in [6.07, 6.45) is 6.89. The van der Waals surface area contributed by atoms with Crippen molar-refractivity contribution < 1.29 is 9.90 Å². The zero-order valence-corrected chi connectivity index (χ0v) is 15.1. The molecule has 5 N–H and O–H groups in total. The third-order valence-corrected chi connectivity index (χ3v) is 4.16. The minimum atomic E-state index is -0.191. The second-order valence-electron chi connectivity index (χ2n) is 6.12. The first-order valence-electron chi connectivity index (χ1n) is 8.67. The van der Waals surface area contributed by atoms with Crippen molar-refractivity contribution in [1.82, 2.24) is 10.3 Å². The van der Waals surface area contributed by atoms with Crippen LogP contribution in [0.3, 0.4) is 0 Å². The number of nitrogens with two attached hydrogens (primary N) is 1. The summed E-state index contributed by atoms with van der Waals surface area (Å²) in [5.41, 5.74) is 9.05. The molecular formula is C22H20N4O2. The average molecular weight is 372 g/mol. The Labute approximate surface area is 162 Å². The Kier molecular flexibility index (Phi) is 5.81. The highest BCUT2D eigenvalue weighted by atomic mass is 16.3. The molecule has 0 saturated heterocycles. The molecule has 3 aromatic rings. The van der Waals surface area contributed by atoms with Crippen LogP contribution in [0.2, 0.25) is 0 Å². The summed E-state index contributed by atoms with van der Waals surface area (Å²) in [4.78, 5) is 16.4. The van der Waals surface area contributed by atoms with Crippen molar-refractivity contribution in [2.75, 3.05) is 6.54 Å². The molecule has 3 rings (SSSR count). The van der Waals surface area contributed by atoms with Crippen molar-refractivity contribution >= 4 is 17.8 Å². The number of benzene rings is 2. The number of nitrogens with one attached hydrogen (secondary N) is 2. The number of amides is 1. The molecule has 6 heteroatoms. The predicted molar refractivity (Wildman–Crippen MR) is 110 cm³/mol. The van der Waals surface area contributed by atoms with Crippen molar-refractivity contribution in [3.63, 3.8) is 0 Å². The van der Waals surface area contributed by atoms with Gasteiger partial charge in [0.2, 0.25) is 0 Å². The van der Waals surface area contributed by atoms with Crippen LogP contribution < -0.4 is 11.1 Å². The van der Waals surface area contributed by atoms with E-state index in [4.69, 9.17) is 11.1 Å². The number of nitrogens with zero attached hydrogens (tertiary/aromatic N) is 1. The molecule has 0 spiro atoms. The average Bonchev–Trinajstić information content (AvgIpc) is 2.72. The second kappa shape index (κ2) is 8.64. The predicted octanol–water partition coefficient (Wildman–Crippen LogP) is 3.18. The number of hydrogen-bond acceptors (Lipinski definition) is 4. The molecule has 0 aliphatic heterocycles. The Morgan fingerprint density at radius 3 is 2.54 bits per heavy atom. The van der Waals surface area contributed by atoms with Crippen molar-refractivity contribution in [3.8, 4) is 16.9 Å². The molecule has 0 saturated carbocycles. The highest BCUT2D eigenvalue weighted by Gasteiger charge is 2.05. The molecule has 1 amide bonds. The van der Waals surface area contributed by atoms with Crippen LogP contribution in [0.15, 0.2) is 73.1 Å². The second-order valence-corrected chi connectivity index (χ2v) is 6.12. The third kappa shape index (κ3) is 4.62. The summed E-state index contributed by atoms with van der Waals surface area (Å²) >= 11 is 0. The van der Waals surface area contributed by atoms with Crippen LogP contribution in [-0.4, -0.2) is 28.4 Å². The van der Waals surface area contributed by atoms with Gasteiger partial charge in [0.25, 0.3) is 5.91 Å². The highest BCUT2D eigenvalue weighted by molar-refractivity contribution is 5.96. The number of aromatic nitrogens is 1. The van der Waals surface area contributed by atoms with E-state index in [-0.39, 0.29) is 17.5 Å². The zero-order chi connectivity index (χ0) is 19.9. The number of phenols is 1. The Bertz CT molecular complexity index is 1010. The summed E-state index contributed by atoms with van der Waals surface area (Å²) in [6.45, 7) is 0.299. The van der Waals surface area contributed by atoms with Gasteiger partial charge in [-0.15, -0.1) is 0 Å². The standard InChI is InChI=1S/C22H20N4O2/c23-21(24)18-9-10-20(27)17(13-18)3-2-12-26-22(28)16-7-5-15(6-8-16)19-4-1-11-25-14-19/h1-11,13-14,27H,12H2,(H3,23,24)(H,26,28). The number of aromatic hydroxyl groups is 1. The molecule has 140 valence electrons. The van der Waals surface area contributed by atoms with E-state index in [1.807, 2.05) is 24.3 Å². The molecular weight excluding hydrogens is 352 g/mol. The monoisotopic (exact) mass is 372 g/mol. The van der Waals surface area contributed by atoms with Gasteiger partial charge in [-0.25, -0.2) is 0 Å². The van der Waals surface area contributed by atoms with E-state index in [0.717, 1.165) is 11.1 Å². The van der Waals surface area contributed by atoms with Gasteiger partial charge in [-0.05, 0) is 47.5 Å². The lowest BCUT2D eigenvalue weighted by molar-refractivity contribution is 0.0958. The third-order valence-electron chi connectivity index (χ3n) is 4.16. The smallest absolute Gasteiger partial charge is 0.251 e. The molecule has 1 aromatic heterocycles. The van der Waals surface area contributed by atoms with Crippen molar-refractivity contribution in [2.45, 2.75) is 0 Å². The SMILES string of the molecule is N=C(N)c1ccc(O)c(C=CCNC(=O)c2ccc(-c3cccnc3)cc2)c1. The van der Waals surface area contributed by atoms with Gasteiger partial charge < -0.3 is 16.2 Å². The molecule has 2 aromatic carbocycles.